The first-order chi connectivity index (χ1) is 7.63. The quantitative estimate of drug-likeness (QED) is 0.850. The van der Waals surface area contributed by atoms with Gasteiger partial charge in [-0.25, -0.2) is 8.42 Å². The summed E-state index contributed by atoms with van der Waals surface area (Å²) in [7, 11) is -3.07. The maximum atomic E-state index is 11.5. The van der Waals surface area contributed by atoms with Crippen molar-refractivity contribution in [3.63, 3.8) is 0 Å². The first-order valence-electron chi connectivity index (χ1n) is 5.77. The fraction of sp³-hybridized carbons (Fsp3) is 0.909. The molecule has 1 heterocycles. The summed E-state index contributed by atoms with van der Waals surface area (Å²) in [4.78, 5) is 4.40. The lowest BCUT2D eigenvalue weighted by molar-refractivity contribution is 0.489. The molecule has 0 amide bonds. The Labute approximate surface area is 109 Å². The van der Waals surface area contributed by atoms with Crippen LogP contribution >= 0.6 is 11.8 Å². The van der Waals surface area contributed by atoms with Crippen molar-refractivity contribution in [1.29, 1.82) is 0 Å². The van der Waals surface area contributed by atoms with Crippen LogP contribution in [0.3, 0.4) is 0 Å². The summed E-state index contributed by atoms with van der Waals surface area (Å²) in [6.45, 7) is 8.06. The summed E-state index contributed by atoms with van der Waals surface area (Å²) in [5.74, 6) is 1.65. The van der Waals surface area contributed by atoms with E-state index in [0.717, 1.165) is 10.9 Å². The minimum Gasteiger partial charge on any atom is -0.362 e. The molecule has 1 saturated heterocycles. The SMILES string of the molecule is CC1CSC(=NCC(C)(C)S(C)(=O)=O)NC1C. The van der Waals surface area contributed by atoms with Gasteiger partial charge in [-0.3, -0.25) is 4.99 Å². The number of thioether (sulfide) groups is 1. The number of amidine groups is 1. The Balaban J connectivity index is 2.67. The van der Waals surface area contributed by atoms with Crippen LogP contribution in [0.1, 0.15) is 27.7 Å². The van der Waals surface area contributed by atoms with E-state index in [4.69, 9.17) is 0 Å². The number of aliphatic imine (C=N–C) groups is 1. The van der Waals surface area contributed by atoms with E-state index >= 15 is 0 Å². The van der Waals surface area contributed by atoms with E-state index in [0.29, 0.717) is 18.5 Å². The first kappa shape index (κ1) is 14.8. The second-order valence-electron chi connectivity index (χ2n) is 5.37. The van der Waals surface area contributed by atoms with Crippen molar-refractivity contribution < 1.29 is 8.42 Å². The second-order valence-corrected chi connectivity index (χ2v) is 9.03. The minimum atomic E-state index is -3.07. The maximum Gasteiger partial charge on any atom is 0.156 e. The summed E-state index contributed by atoms with van der Waals surface area (Å²) >= 11 is 1.67. The van der Waals surface area contributed by atoms with Crippen LogP contribution in [0, 0.1) is 5.92 Å². The molecular formula is C11H22N2O2S2. The van der Waals surface area contributed by atoms with Gasteiger partial charge in [0.1, 0.15) is 0 Å². The molecule has 0 aromatic carbocycles. The molecule has 0 aromatic heterocycles. The average molecular weight is 278 g/mol. The van der Waals surface area contributed by atoms with Crippen LogP contribution in [0.2, 0.25) is 0 Å². The lowest BCUT2D eigenvalue weighted by Gasteiger charge is -2.29. The van der Waals surface area contributed by atoms with Gasteiger partial charge in [0.25, 0.3) is 0 Å². The molecule has 1 N–H and O–H groups in total. The molecule has 0 spiro atoms. The number of hydrogen-bond donors (Lipinski definition) is 1. The van der Waals surface area contributed by atoms with E-state index in [1.54, 1.807) is 25.6 Å². The molecular weight excluding hydrogens is 256 g/mol. The van der Waals surface area contributed by atoms with Gasteiger partial charge in [-0.05, 0) is 26.7 Å². The minimum absolute atomic E-state index is 0.308. The molecule has 1 aliphatic rings. The Bertz CT molecular complexity index is 402. The van der Waals surface area contributed by atoms with E-state index in [1.807, 2.05) is 0 Å². The normalized spacial score (nSPS) is 29.1. The number of nitrogens with one attached hydrogen (secondary N) is 1. The van der Waals surface area contributed by atoms with Gasteiger partial charge in [0.2, 0.25) is 0 Å². The summed E-state index contributed by atoms with van der Waals surface area (Å²) in [6, 6.07) is 0.399. The van der Waals surface area contributed by atoms with Gasteiger partial charge in [0.15, 0.2) is 15.0 Å². The molecule has 6 heteroatoms. The lowest BCUT2D eigenvalue weighted by Crippen LogP contribution is -2.42. The first-order valence-corrected chi connectivity index (χ1v) is 8.64. The summed E-state index contributed by atoms with van der Waals surface area (Å²) in [5, 5.41) is 4.18. The van der Waals surface area contributed by atoms with Gasteiger partial charge >= 0.3 is 0 Å². The van der Waals surface area contributed by atoms with E-state index in [2.05, 4.69) is 24.2 Å². The van der Waals surface area contributed by atoms with Crippen LogP contribution in [0.4, 0.5) is 0 Å². The summed E-state index contributed by atoms with van der Waals surface area (Å²) < 4.78 is 22.3. The van der Waals surface area contributed by atoms with Crippen molar-refractivity contribution in [2.45, 2.75) is 38.5 Å². The van der Waals surface area contributed by atoms with Gasteiger partial charge in [-0.15, -0.1) is 0 Å². The molecule has 1 rings (SSSR count). The van der Waals surface area contributed by atoms with Crippen LogP contribution in [-0.2, 0) is 9.84 Å². The van der Waals surface area contributed by atoms with Crippen molar-refractivity contribution in [3.8, 4) is 0 Å². The number of hydrogen-bond acceptors (Lipinski definition) is 4. The molecule has 0 aromatic rings. The monoisotopic (exact) mass is 278 g/mol. The average Bonchev–Trinajstić information content (AvgIpc) is 2.18. The highest BCUT2D eigenvalue weighted by atomic mass is 32.2. The van der Waals surface area contributed by atoms with E-state index in [9.17, 15) is 8.42 Å². The third-order valence-corrected chi connectivity index (χ3v) is 6.64. The standard InChI is InChI=1S/C11H22N2O2S2/c1-8-6-16-10(13-9(8)2)12-7-11(3,4)17(5,14)15/h8-9H,6-7H2,1-5H3,(H,12,13). The Kier molecular flexibility index (Phi) is 4.52. The lowest BCUT2D eigenvalue weighted by atomic mass is 10.1. The zero-order valence-corrected chi connectivity index (χ0v) is 12.8. The Hall–Kier alpha value is -0.230. The third kappa shape index (κ3) is 3.88. The van der Waals surface area contributed by atoms with Crippen LogP contribution in [-0.4, -0.2) is 42.9 Å². The van der Waals surface area contributed by atoms with Crippen LogP contribution in [0.15, 0.2) is 4.99 Å². The van der Waals surface area contributed by atoms with Crippen LogP contribution in [0.25, 0.3) is 0 Å². The van der Waals surface area contributed by atoms with Crippen molar-refractivity contribution in [1.82, 2.24) is 5.32 Å². The molecule has 2 atom stereocenters. The van der Waals surface area contributed by atoms with Crippen molar-refractivity contribution in [3.05, 3.63) is 0 Å². The van der Waals surface area contributed by atoms with Crippen molar-refractivity contribution in [2.75, 3.05) is 18.6 Å². The number of nitrogens with zero attached hydrogens (tertiary/aromatic N) is 1. The molecule has 100 valence electrons. The highest BCUT2D eigenvalue weighted by Crippen LogP contribution is 2.21. The number of sulfone groups is 1. The van der Waals surface area contributed by atoms with Crippen LogP contribution in [0.5, 0.6) is 0 Å². The van der Waals surface area contributed by atoms with Gasteiger partial charge in [0, 0.05) is 18.1 Å². The Morgan fingerprint density at radius 3 is 2.53 bits per heavy atom. The topological polar surface area (TPSA) is 58.5 Å². The van der Waals surface area contributed by atoms with Crippen molar-refractivity contribution in [2.24, 2.45) is 10.9 Å². The van der Waals surface area contributed by atoms with Gasteiger partial charge < -0.3 is 5.32 Å². The highest BCUT2D eigenvalue weighted by molar-refractivity contribution is 8.13. The van der Waals surface area contributed by atoms with Gasteiger partial charge in [-0.1, -0.05) is 18.7 Å². The van der Waals surface area contributed by atoms with Crippen molar-refractivity contribution >= 4 is 26.8 Å². The third-order valence-electron chi connectivity index (χ3n) is 3.29. The van der Waals surface area contributed by atoms with E-state index in [-0.39, 0.29) is 0 Å². The predicted molar refractivity (Wildman–Crippen MR) is 75.4 cm³/mol. The smallest absolute Gasteiger partial charge is 0.156 e. The molecule has 17 heavy (non-hydrogen) atoms. The number of rotatable bonds is 3. The Morgan fingerprint density at radius 1 is 1.47 bits per heavy atom. The fourth-order valence-electron chi connectivity index (χ4n) is 1.20. The maximum absolute atomic E-state index is 11.5. The Morgan fingerprint density at radius 2 is 2.06 bits per heavy atom. The molecule has 0 saturated carbocycles. The second kappa shape index (κ2) is 5.18. The molecule has 0 radical (unpaired) electrons. The van der Waals surface area contributed by atoms with Gasteiger partial charge in [-0.2, -0.15) is 0 Å². The molecule has 0 bridgehead atoms. The fourth-order valence-corrected chi connectivity index (χ4v) is 2.64. The summed E-state index contributed by atoms with van der Waals surface area (Å²) in [5.41, 5.74) is 0. The zero-order valence-electron chi connectivity index (χ0n) is 11.1. The summed E-state index contributed by atoms with van der Waals surface area (Å²) in [6.07, 6.45) is 1.26. The molecule has 0 aliphatic carbocycles. The zero-order chi connectivity index (χ0) is 13.3. The molecule has 1 aliphatic heterocycles. The highest BCUT2D eigenvalue weighted by Gasteiger charge is 2.30. The van der Waals surface area contributed by atoms with E-state index in [1.165, 1.54) is 6.26 Å². The van der Waals surface area contributed by atoms with Gasteiger partial charge in [0.05, 0.1) is 11.3 Å². The van der Waals surface area contributed by atoms with E-state index < -0.39 is 14.6 Å². The molecule has 4 nitrogen and oxygen atoms in total. The molecule has 1 fully saturated rings. The molecule has 2 unspecified atom stereocenters. The predicted octanol–water partition coefficient (Wildman–Crippen LogP) is 1.53. The van der Waals surface area contributed by atoms with Crippen LogP contribution < -0.4 is 5.32 Å². The largest absolute Gasteiger partial charge is 0.362 e.